The van der Waals surface area contributed by atoms with E-state index < -0.39 is 0 Å². The molecule has 20 heavy (non-hydrogen) atoms. The van der Waals surface area contributed by atoms with E-state index in [2.05, 4.69) is 63.6 Å². The molecule has 0 aromatic carbocycles. The van der Waals surface area contributed by atoms with E-state index in [0.29, 0.717) is 4.83 Å². The first-order valence-corrected chi connectivity index (χ1v) is 9.06. The van der Waals surface area contributed by atoms with Gasteiger partial charge < -0.3 is 9.47 Å². The molecule has 2 aliphatic heterocycles. The van der Waals surface area contributed by atoms with Gasteiger partial charge in [0.25, 0.3) is 0 Å². The largest absolute Gasteiger partial charge is 0.371 e. The van der Waals surface area contributed by atoms with Gasteiger partial charge in [-0.15, -0.1) is 5.73 Å². The lowest BCUT2D eigenvalue weighted by Crippen LogP contribution is -2.32. The van der Waals surface area contributed by atoms with Crippen molar-refractivity contribution in [2.75, 3.05) is 0 Å². The predicted molar refractivity (Wildman–Crippen MR) is 89.5 cm³/mol. The minimum absolute atomic E-state index is 0.136. The van der Waals surface area contributed by atoms with E-state index in [-0.39, 0.29) is 23.9 Å². The average molecular weight is 406 g/mol. The third-order valence-corrected chi connectivity index (χ3v) is 5.17. The highest BCUT2D eigenvalue weighted by atomic mass is 79.9. The van der Waals surface area contributed by atoms with Crippen LogP contribution in [0.25, 0.3) is 0 Å². The summed E-state index contributed by atoms with van der Waals surface area (Å²) >= 11 is 7.00. The lowest BCUT2D eigenvalue weighted by Gasteiger charge is -2.26. The number of ether oxygens (including phenoxy) is 2. The molecule has 0 aromatic rings. The maximum atomic E-state index is 6.35. The van der Waals surface area contributed by atoms with Crippen molar-refractivity contribution in [3.05, 3.63) is 28.9 Å². The predicted octanol–water partition coefficient (Wildman–Crippen LogP) is 4.88. The Morgan fingerprint density at radius 2 is 2.10 bits per heavy atom. The van der Waals surface area contributed by atoms with Gasteiger partial charge in [-0.2, -0.15) is 0 Å². The summed E-state index contributed by atoms with van der Waals surface area (Å²) in [6.45, 7) is 4.28. The Kier molecular flexibility index (Phi) is 6.12. The van der Waals surface area contributed by atoms with Gasteiger partial charge in [-0.05, 0) is 32.3 Å². The SMILES string of the molecule is CC[C@@H]1O[C@H]2C[C@](C)(C=C=CBr)O[C@H]2C/C=C\C[C@H]1Br. The van der Waals surface area contributed by atoms with Gasteiger partial charge in [0, 0.05) is 16.2 Å². The zero-order valence-electron chi connectivity index (χ0n) is 12.0. The van der Waals surface area contributed by atoms with Crippen molar-refractivity contribution in [2.24, 2.45) is 0 Å². The normalized spacial score (nSPS) is 42.6. The van der Waals surface area contributed by atoms with Gasteiger partial charge in [-0.3, -0.25) is 0 Å². The Hall–Kier alpha value is 0.140. The number of hydrogen-bond donors (Lipinski definition) is 0. The molecule has 0 aromatic heterocycles. The summed E-state index contributed by atoms with van der Waals surface area (Å²) in [5.41, 5.74) is 2.79. The summed E-state index contributed by atoms with van der Waals surface area (Å²) in [7, 11) is 0. The fourth-order valence-electron chi connectivity index (χ4n) is 2.91. The molecule has 0 bridgehead atoms. The Balaban J connectivity index is 2.16. The second-order valence-corrected chi connectivity index (χ2v) is 7.31. The molecule has 1 saturated heterocycles. The summed E-state index contributed by atoms with van der Waals surface area (Å²) < 4.78 is 12.6. The zero-order valence-corrected chi connectivity index (χ0v) is 15.2. The highest BCUT2D eigenvalue weighted by Gasteiger charge is 2.43. The number of allylic oxidation sites excluding steroid dienone is 1. The second-order valence-electron chi connectivity index (χ2n) is 5.67. The number of alkyl halides is 1. The van der Waals surface area contributed by atoms with Crippen molar-refractivity contribution in [3.63, 3.8) is 0 Å². The van der Waals surface area contributed by atoms with Crippen LogP contribution in [0.15, 0.2) is 28.9 Å². The van der Waals surface area contributed by atoms with Crippen molar-refractivity contribution in [1.82, 2.24) is 0 Å². The van der Waals surface area contributed by atoms with Gasteiger partial charge >= 0.3 is 0 Å². The molecule has 0 amide bonds. The molecule has 2 rings (SSSR count). The van der Waals surface area contributed by atoms with Crippen LogP contribution in [0.3, 0.4) is 0 Å². The van der Waals surface area contributed by atoms with Crippen LogP contribution in [0.5, 0.6) is 0 Å². The molecule has 5 atom stereocenters. The van der Waals surface area contributed by atoms with Gasteiger partial charge in [0.05, 0.1) is 23.9 Å². The molecule has 0 N–H and O–H groups in total. The first-order chi connectivity index (χ1) is 9.58. The van der Waals surface area contributed by atoms with E-state index in [1.807, 2.05) is 6.08 Å². The summed E-state index contributed by atoms with van der Waals surface area (Å²) in [4.78, 5) is 2.12. The molecular weight excluding hydrogens is 384 g/mol. The van der Waals surface area contributed by atoms with Crippen molar-refractivity contribution >= 4 is 31.9 Å². The van der Waals surface area contributed by atoms with Crippen LogP contribution in [0, 0.1) is 0 Å². The number of halogens is 2. The Bertz CT molecular complexity index is 415. The molecule has 2 aliphatic rings. The van der Waals surface area contributed by atoms with E-state index >= 15 is 0 Å². The highest BCUT2D eigenvalue weighted by Crippen LogP contribution is 2.37. The van der Waals surface area contributed by atoms with Gasteiger partial charge in [0.1, 0.15) is 0 Å². The van der Waals surface area contributed by atoms with Crippen LogP contribution in [0.4, 0.5) is 0 Å². The fourth-order valence-corrected chi connectivity index (χ4v) is 3.75. The molecule has 0 radical (unpaired) electrons. The van der Waals surface area contributed by atoms with Gasteiger partial charge in [-0.1, -0.05) is 50.9 Å². The molecule has 0 saturated carbocycles. The molecule has 2 nitrogen and oxygen atoms in total. The zero-order chi connectivity index (χ0) is 14.6. The third-order valence-electron chi connectivity index (χ3n) is 3.95. The average Bonchev–Trinajstić information content (AvgIpc) is 2.76. The van der Waals surface area contributed by atoms with Crippen LogP contribution in [-0.2, 0) is 9.47 Å². The Morgan fingerprint density at radius 3 is 2.80 bits per heavy atom. The topological polar surface area (TPSA) is 18.5 Å². The molecule has 0 spiro atoms. The first kappa shape index (κ1) is 16.5. The van der Waals surface area contributed by atoms with E-state index in [1.165, 1.54) is 0 Å². The van der Waals surface area contributed by atoms with E-state index in [9.17, 15) is 0 Å². The molecule has 2 heterocycles. The highest BCUT2D eigenvalue weighted by molar-refractivity contribution is 9.11. The lowest BCUT2D eigenvalue weighted by molar-refractivity contribution is -0.0613. The Labute approximate surface area is 138 Å². The van der Waals surface area contributed by atoms with Gasteiger partial charge in [0.15, 0.2) is 0 Å². The molecule has 4 heteroatoms. The molecular formula is C16H22Br2O2. The summed E-state index contributed by atoms with van der Waals surface area (Å²) in [6.07, 6.45) is 10.8. The summed E-state index contributed by atoms with van der Waals surface area (Å²) in [6, 6.07) is 0. The van der Waals surface area contributed by atoms with Gasteiger partial charge in [0.2, 0.25) is 0 Å². The van der Waals surface area contributed by atoms with Crippen molar-refractivity contribution < 1.29 is 9.47 Å². The summed E-state index contributed by atoms with van der Waals surface area (Å²) in [5.74, 6) is 0. The first-order valence-electron chi connectivity index (χ1n) is 7.22. The quantitative estimate of drug-likeness (QED) is 0.370. The van der Waals surface area contributed by atoms with Crippen LogP contribution >= 0.6 is 31.9 Å². The van der Waals surface area contributed by atoms with E-state index in [0.717, 1.165) is 25.7 Å². The van der Waals surface area contributed by atoms with Crippen molar-refractivity contribution in [1.29, 1.82) is 0 Å². The van der Waals surface area contributed by atoms with Crippen LogP contribution in [0.1, 0.15) is 39.5 Å². The molecule has 0 unspecified atom stereocenters. The maximum absolute atomic E-state index is 6.35. The fraction of sp³-hybridized carbons (Fsp3) is 0.688. The Morgan fingerprint density at radius 1 is 1.35 bits per heavy atom. The third kappa shape index (κ3) is 4.08. The van der Waals surface area contributed by atoms with E-state index in [1.54, 1.807) is 4.99 Å². The number of hydrogen-bond acceptors (Lipinski definition) is 2. The van der Waals surface area contributed by atoms with Crippen LogP contribution < -0.4 is 0 Å². The molecule has 0 aliphatic carbocycles. The standard InChI is InChI=1S/C16H22Br2O2/c1-3-13-12(18)7-4-5-8-14-15(19-13)11-16(2,20-14)9-6-10-17/h4-5,9-10,12-15H,3,7-8,11H2,1-2H3/b5-4-/t6?,12-,13+,14+,15+,16+/m1/s1. The molecule has 112 valence electrons. The number of rotatable bonds is 2. The monoisotopic (exact) mass is 404 g/mol. The van der Waals surface area contributed by atoms with Crippen molar-refractivity contribution in [3.8, 4) is 0 Å². The minimum Gasteiger partial charge on any atom is -0.371 e. The summed E-state index contributed by atoms with van der Waals surface area (Å²) in [5, 5.41) is 0. The second kappa shape index (κ2) is 7.42. The van der Waals surface area contributed by atoms with Crippen LogP contribution in [0.2, 0.25) is 0 Å². The van der Waals surface area contributed by atoms with Crippen molar-refractivity contribution in [2.45, 2.75) is 68.3 Å². The van der Waals surface area contributed by atoms with Gasteiger partial charge in [-0.25, -0.2) is 0 Å². The number of fused-ring (bicyclic) bond motifs is 1. The maximum Gasteiger partial charge on any atom is 0.0938 e. The van der Waals surface area contributed by atoms with Crippen LogP contribution in [-0.4, -0.2) is 28.7 Å². The molecule has 1 fully saturated rings. The smallest absolute Gasteiger partial charge is 0.0938 e. The minimum atomic E-state index is -0.285. The van der Waals surface area contributed by atoms with E-state index in [4.69, 9.17) is 9.47 Å². The lowest BCUT2D eigenvalue weighted by atomic mass is 9.99.